The molecular weight excluding hydrogens is 406 g/mol. The number of aromatic nitrogens is 3. The zero-order chi connectivity index (χ0) is 22.2. The minimum atomic E-state index is -0.240. The number of nitrogens with zero attached hydrogens (tertiary/aromatic N) is 4. The number of aromatic amines is 1. The first kappa shape index (κ1) is 20.4. The number of para-hydroxylation sites is 1. The highest BCUT2D eigenvalue weighted by Crippen LogP contribution is 2.32. The van der Waals surface area contributed by atoms with Crippen LogP contribution >= 0.6 is 0 Å². The van der Waals surface area contributed by atoms with Crippen LogP contribution in [0.4, 0.5) is 5.95 Å². The molecule has 1 saturated heterocycles. The Kier molecular flexibility index (Phi) is 5.20. The van der Waals surface area contributed by atoms with Crippen molar-refractivity contribution in [2.45, 2.75) is 44.6 Å². The molecule has 1 aliphatic carbocycles. The van der Waals surface area contributed by atoms with Crippen molar-refractivity contribution in [3.05, 3.63) is 64.2 Å². The number of H-pyrrole nitrogens is 1. The van der Waals surface area contributed by atoms with E-state index in [-0.39, 0.29) is 34.8 Å². The highest BCUT2D eigenvalue weighted by atomic mass is 16.2. The molecule has 32 heavy (non-hydrogen) atoms. The van der Waals surface area contributed by atoms with E-state index in [1.54, 1.807) is 35.1 Å². The van der Waals surface area contributed by atoms with E-state index in [0.29, 0.717) is 24.4 Å². The molecule has 8 heteroatoms. The molecule has 8 nitrogen and oxygen atoms in total. The molecule has 164 valence electrons. The Bertz CT molecular complexity index is 1240. The first-order valence-electron chi connectivity index (χ1n) is 11.1. The Morgan fingerprint density at radius 1 is 1.09 bits per heavy atom. The summed E-state index contributed by atoms with van der Waals surface area (Å²) in [5.74, 6) is 0.378. The number of nitrogens with one attached hydrogen (secondary N) is 1. The van der Waals surface area contributed by atoms with Crippen molar-refractivity contribution in [2.24, 2.45) is 0 Å². The van der Waals surface area contributed by atoms with Gasteiger partial charge in [-0.2, -0.15) is 0 Å². The number of fused-ring (bicyclic) bond motifs is 1. The fraction of sp³-hybridized carbons (Fsp3) is 0.375. The lowest BCUT2D eigenvalue weighted by Crippen LogP contribution is -2.40. The maximum absolute atomic E-state index is 13.0. The number of amides is 2. The largest absolute Gasteiger partial charge is 0.360 e. The van der Waals surface area contributed by atoms with Crippen molar-refractivity contribution in [2.75, 3.05) is 18.0 Å². The number of hydrogen-bond donors (Lipinski definition) is 1. The van der Waals surface area contributed by atoms with E-state index in [0.717, 1.165) is 36.9 Å². The summed E-state index contributed by atoms with van der Waals surface area (Å²) >= 11 is 0. The number of anilines is 1. The summed E-state index contributed by atoms with van der Waals surface area (Å²) in [5.41, 5.74) is 1.56. The van der Waals surface area contributed by atoms with E-state index in [1.165, 1.54) is 6.20 Å². The molecule has 2 aliphatic rings. The maximum Gasteiger partial charge on any atom is 0.259 e. The maximum atomic E-state index is 13.0. The summed E-state index contributed by atoms with van der Waals surface area (Å²) < 4.78 is 0. The molecule has 0 radical (unpaired) electrons. The lowest BCUT2D eigenvalue weighted by atomic mass is 9.93. The van der Waals surface area contributed by atoms with Gasteiger partial charge in [-0.25, -0.2) is 9.97 Å². The van der Waals surface area contributed by atoms with Gasteiger partial charge < -0.3 is 9.88 Å². The predicted molar refractivity (Wildman–Crippen MR) is 121 cm³/mol. The van der Waals surface area contributed by atoms with Crippen LogP contribution in [0.2, 0.25) is 0 Å². The zero-order valence-corrected chi connectivity index (χ0v) is 18.0. The molecule has 2 aromatic heterocycles. The van der Waals surface area contributed by atoms with Gasteiger partial charge in [-0.15, -0.1) is 0 Å². The second-order valence-corrected chi connectivity index (χ2v) is 8.55. The SMILES string of the molecule is CC(=O)N(c1nccc(C2CCN(C(=O)c3c[nH]c4ccccc4c3=O)CC2)n1)C1CC1. The molecule has 5 rings (SSSR count). The van der Waals surface area contributed by atoms with Gasteiger partial charge in [0.25, 0.3) is 5.91 Å². The van der Waals surface area contributed by atoms with E-state index in [9.17, 15) is 14.4 Å². The third kappa shape index (κ3) is 3.77. The summed E-state index contributed by atoms with van der Waals surface area (Å²) in [7, 11) is 0. The Hall–Kier alpha value is -3.55. The molecule has 2 amide bonds. The lowest BCUT2D eigenvalue weighted by molar-refractivity contribution is -0.116. The smallest absolute Gasteiger partial charge is 0.259 e. The van der Waals surface area contributed by atoms with Gasteiger partial charge in [-0.3, -0.25) is 19.3 Å². The molecule has 0 atom stereocenters. The van der Waals surface area contributed by atoms with Crippen LogP contribution in [0.25, 0.3) is 10.9 Å². The van der Waals surface area contributed by atoms with Crippen LogP contribution in [0.15, 0.2) is 47.5 Å². The number of benzene rings is 1. The van der Waals surface area contributed by atoms with E-state index in [4.69, 9.17) is 4.98 Å². The van der Waals surface area contributed by atoms with Crippen molar-refractivity contribution in [1.82, 2.24) is 19.9 Å². The van der Waals surface area contributed by atoms with Gasteiger partial charge in [0.1, 0.15) is 5.56 Å². The van der Waals surface area contributed by atoms with Crippen molar-refractivity contribution in [3.63, 3.8) is 0 Å². The van der Waals surface area contributed by atoms with Crippen molar-refractivity contribution < 1.29 is 9.59 Å². The molecule has 0 bridgehead atoms. The monoisotopic (exact) mass is 431 g/mol. The van der Waals surface area contributed by atoms with E-state index in [1.807, 2.05) is 18.2 Å². The Morgan fingerprint density at radius 3 is 2.56 bits per heavy atom. The van der Waals surface area contributed by atoms with Gasteiger partial charge in [-0.1, -0.05) is 12.1 Å². The number of pyridine rings is 1. The summed E-state index contributed by atoms with van der Waals surface area (Å²) in [6.07, 6.45) is 6.70. The van der Waals surface area contributed by atoms with Gasteiger partial charge >= 0.3 is 0 Å². The van der Waals surface area contributed by atoms with Crippen LogP contribution in [0, 0.1) is 0 Å². The molecule has 1 aliphatic heterocycles. The number of likely N-dealkylation sites (tertiary alicyclic amines) is 1. The van der Waals surface area contributed by atoms with Gasteiger partial charge in [-0.05, 0) is 43.9 Å². The first-order chi connectivity index (χ1) is 15.5. The van der Waals surface area contributed by atoms with Crippen LogP contribution < -0.4 is 10.3 Å². The number of piperidine rings is 1. The highest BCUT2D eigenvalue weighted by molar-refractivity contribution is 5.97. The second kappa shape index (κ2) is 8.18. The van der Waals surface area contributed by atoms with Crippen LogP contribution in [0.1, 0.15) is 54.6 Å². The fourth-order valence-corrected chi connectivity index (χ4v) is 4.47. The summed E-state index contributed by atoms with van der Waals surface area (Å²) in [5, 5.41) is 0.521. The highest BCUT2D eigenvalue weighted by Gasteiger charge is 2.34. The molecule has 3 heterocycles. The number of carbonyl (C=O) groups excluding carboxylic acids is 2. The minimum Gasteiger partial charge on any atom is -0.360 e. The predicted octanol–water partition coefficient (Wildman–Crippen LogP) is 2.85. The third-order valence-electron chi connectivity index (χ3n) is 6.35. The molecule has 1 aromatic carbocycles. The molecule has 1 saturated carbocycles. The van der Waals surface area contributed by atoms with E-state index >= 15 is 0 Å². The number of hydrogen-bond acceptors (Lipinski definition) is 5. The molecule has 2 fully saturated rings. The molecule has 1 N–H and O–H groups in total. The van der Waals surface area contributed by atoms with Gasteiger partial charge in [0.2, 0.25) is 17.3 Å². The zero-order valence-electron chi connectivity index (χ0n) is 18.0. The molecule has 3 aromatic rings. The summed E-state index contributed by atoms with van der Waals surface area (Å²) in [4.78, 5) is 53.4. The van der Waals surface area contributed by atoms with Crippen molar-refractivity contribution in [3.8, 4) is 0 Å². The second-order valence-electron chi connectivity index (χ2n) is 8.55. The van der Waals surface area contributed by atoms with Crippen LogP contribution in [-0.2, 0) is 4.79 Å². The topological polar surface area (TPSA) is 99.3 Å². The quantitative estimate of drug-likeness (QED) is 0.685. The fourth-order valence-electron chi connectivity index (χ4n) is 4.47. The average Bonchev–Trinajstić information content (AvgIpc) is 3.64. The average molecular weight is 431 g/mol. The van der Waals surface area contributed by atoms with Gasteiger partial charge in [0.05, 0.1) is 0 Å². The number of rotatable bonds is 4. The van der Waals surface area contributed by atoms with E-state index < -0.39 is 0 Å². The minimum absolute atomic E-state index is 0.0364. The Balaban J connectivity index is 1.30. The normalized spacial score (nSPS) is 16.8. The number of carbonyl (C=O) groups is 2. The summed E-state index contributed by atoms with van der Waals surface area (Å²) in [6.45, 7) is 2.65. The standard InChI is InChI=1S/C24H25N5O3/c1-15(30)29(17-6-7-17)24-25-11-8-20(27-24)16-9-12-28(13-10-16)23(32)19-14-26-21-5-3-2-4-18(21)22(19)31/h2-5,8,11,14,16-17H,6-7,9-10,12-13H2,1H3,(H,26,31). The summed E-state index contributed by atoms with van der Waals surface area (Å²) in [6, 6.07) is 9.30. The van der Waals surface area contributed by atoms with Crippen molar-refractivity contribution >= 4 is 28.7 Å². The van der Waals surface area contributed by atoms with Crippen LogP contribution in [0.3, 0.4) is 0 Å². The van der Waals surface area contributed by atoms with Crippen molar-refractivity contribution in [1.29, 1.82) is 0 Å². The van der Waals surface area contributed by atoms with Crippen LogP contribution in [0.5, 0.6) is 0 Å². The molecule has 0 spiro atoms. The van der Waals surface area contributed by atoms with Crippen LogP contribution in [-0.4, -0.2) is 50.8 Å². The Morgan fingerprint density at radius 2 is 1.84 bits per heavy atom. The van der Waals surface area contributed by atoms with Gasteiger partial charge in [0, 0.05) is 61.0 Å². The lowest BCUT2D eigenvalue weighted by Gasteiger charge is -2.32. The molecular formula is C24H25N5O3. The Labute approximate surface area is 185 Å². The third-order valence-corrected chi connectivity index (χ3v) is 6.35. The van der Waals surface area contributed by atoms with Gasteiger partial charge in [0.15, 0.2) is 0 Å². The first-order valence-corrected chi connectivity index (χ1v) is 11.1. The van der Waals surface area contributed by atoms with E-state index in [2.05, 4.69) is 9.97 Å². The molecule has 0 unspecified atom stereocenters.